The van der Waals surface area contributed by atoms with Gasteiger partial charge in [-0.2, -0.15) is 0 Å². The lowest BCUT2D eigenvalue weighted by Gasteiger charge is -2.08. The van der Waals surface area contributed by atoms with Crippen molar-refractivity contribution in [2.75, 3.05) is 20.3 Å². The number of esters is 1. The van der Waals surface area contributed by atoms with Crippen LogP contribution in [0.15, 0.2) is 18.2 Å². The zero-order valence-electron chi connectivity index (χ0n) is 9.16. The van der Waals surface area contributed by atoms with Crippen molar-refractivity contribution in [3.05, 3.63) is 24.0 Å². The van der Waals surface area contributed by atoms with Crippen LogP contribution in [0.1, 0.15) is 6.92 Å². The number of hydrogen-bond acceptors (Lipinski definition) is 4. The van der Waals surface area contributed by atoms with Crippen molar-refractivity contribution in [2.24, 2.45) is 0 Å². The van der Waals surface area contributed by atoms with Crippen LogP contribution >= 0.6 is 0 Å². The lowest BCUT2D eigenvalue weighted by Crippen LogP contribution is -2.10. The van der Waals surface area contributed by atoms with E-state index in [-0.39, 0.29) is 19.0 Å². The molecule has 16 heavy (non-hydrogen) atoms. The fraction of sp³-hybridized carbons (Fsp3) is 0.364. The molecule has 0 aliphatic rings. The van der Waals surface area contributed by atoms with Crippen molar-refractivity contribution in [3.63, 3.8) is 0 Å². The fourth-order valence-electron chi connectivity index (χ4n) is 1.06. The Kier molecular flexibility index (Phi) is 4.57. The number of hydrogen-bond donors (Lipinski definition) is 0. The Morgan fingerprint density at radius 3 is 2.75 bits per heavy atom. The quantitative estimate of drug-likeness (QED) is 0.569. The highest BCUT2D eigenvalue weighted by Crippen LogP contribution is 2.23. The van der Waals surface area contributed by atoms with Gasteiger partial charge in [0.1, 0.15) is 19.0 Å². The maximum absolute atomic E-state index is 13.2. The van der Waals surface area contributed by atoms with E-state index in [1.807, 2.05) is 0 Å². The van der Waals surface area contributed by atoms with Crippen molar-refractivity contribution in [3.8, 4) is 11.5 Å². The maximum atomic E-state index is 13.2. The molecule has 0 saturated heterocycles. The van der Waals surface area contributed by atoms with E-state index >= 15 is 0 Å². The monoisotopic (exact) mass is 228 g/mol. The second-order valence-electron chi connectivity index (χ2n) is 2.98. The Hall–Kier alpha value is -1.78. The Labute approximate surface area is 92.9 Å². The molecule has 0 atom stereocenters. The number of carbonyl (C=O) groups excluding carboxylic acids is 1. The highest BCUT2D eigenvalue weighted by molar-refractivity contribution is 5.65. The summed E-state index contributed by atoms with van der Waals surface area (Å²) in [6, 6.07) is 4.18. The molecule has 0 bridgehead atoms. The molecule has 0 aromatic heterocycles. The minimum Gasteiger partial charge on any atom is -0.497 e. The second-order valence-corrected chi connectivity index (χ2v) is 2.98. The summed E-state index contributed by atoms with van der Waals surface area (Å²) in [5, 5.41) is 0. The van der Waals surface area contributed by atoms with Gasteiger partial charge >= 0.3 is 5.97 Å². The third-order valence-corrected chi connectivity index (χ3v) is 1.78. The van der Waals surface area contributed by atoms with E-state index in [2.05, 4.69) is 4.74 Å². The average molecular weight is 228 g/mol. The molecule has 0 amide bonds. The normalized spacial score (nSPS) is 9.69. The minimum atomic E-state index is -0.483. The summed E-state index contributed by atoms with van der Waals surface area (Å²) >= 11 is 0. The number of ether oxygens (including phenoxy) is 3. The molecule has 5 heteroatoms. The second kappa shape index (κ2) is 5.95. The average Bonchev–Trinajstić information content (AvgIpc) is 2.26. The molecule has 1 aromatic rings. The number of benzene rings is 1. The largest absolute Gasteiger partial charge is 0.497 e. The fourth-order valence-corrected chi connectivity index (χ4v) is 1.06. The van der Waals surface area contributed by atoms with Crippen LogP contribution in [0, 0.1) is 5.82 Å². The van der Waals surface area contributed by atoms with Crippen LogP contribution in [0.25, 0.3) is 0 Å². The summed E-state index contributed by atoms with van der Waals surface area (Å²) in [6.45, 7) is 1.49. The predicted molar refractivity (Wildman–Crippen MR) is 55.1 cm³/mol. The van der Waals surface area contributed by atoms with Gasteiger partial charge < -0.3 is 14.2 Å². The van der Waals surface area contributed by atoms with E-state index in [0.717, 1.165) is 0 Å². The predicted octanol–water partition coefficient (Wildman–Crippen LogP) is 1.78. The van der Waals surface area contributed by atoms with Gasteiger partial charge in [-0.05, 0) is 12.1 Å². The number of methoxy groups -OCH3 is 1. The van der Waals surface area contributed by atoms with Gasteiger partial charge in [-0.1, -0.05) is 0 Å². The lowest BCUT2D eigenvalue weighted by molar-refractivity contribution is -0.141. The zero-order valence-corrected chi connectivity index (χ0v) is 9.16. The highest BCUT2D eigenvalue weighted by atomic mass is 19.1. The van der Waals surface area contributed by atoms with E-state index in [1.165, 1.54) is 32.2 Å². The first-order valence-corrected chi connectivity index (χ1v) is 4.73. The molecule has 1 aromatic carbocycles. The molecular formula is C11H13FO4. The number of carbonyl (C=O) groups is 1. The van der Waals surface area contributed by atoms with Crippen molar-refractivity contribution >= 4 is 5.97 Å². The summed E-state index contributed by atoms with van der Waals surface area (Å²) in [6.07, 6.45) is 0. The van der Waals surface area contributed by atoms with Crippen molar-refractivity contribution < 1.29 is 23.4 Å². The number of rotatable bonds is 5. The molecule has 0 aliphatic heterocycles. The van der Waals surface area contributed by atoms with Crippen molar-refractivity contribution in [2.45, 2.75) is 6.92 Å². The van der Waals surface area contributed by atoms with E-state index in [1.54, 1.807) is 0 Å². The molecule has 0 radical (unpaired) electrons. The first-order chi connectivity index (χ1) is 7.63. The summed E-state index contributed by atoms with van der Waals surface area (Å²) < 4.78 is 27.9. The molecule has 88 valence electrons. The van der Waals surface area contributed by atoms with Gasteiger partial charge in [0.05, 0.1) is 7.11 Å². The smallest absolute Gasteiger partial charge is 0.302 e. The third kappa shape index (κ3) is 3.76. The van der Waals surface area contributed by atoms with Gasteiger partial charge in [0.15, 0.2) is 11.6 Å². The summed E-state index contributed by atoms with van der Waals surface area (Å²) in [5.41, 5.74) is 0. The van der Waals surface area contributed by atoms with Gasteiger partial charge in [-0.15, -0.1) is 0 Å². The molecular weight excluding hydrogens is 215 g/mol. The molecule has 0 fully saturated rings. The molecule has 0 N–H and O–H groups in total. The van der Waals surface area contributed by atoms with Crippen LogP contribution in [0.2, 0.25) is 0 Å². The van der Waals surface area contributed by atoms with Crippen molar-refractivity contribution in [1.82, 2.24) is 0 Å². The molecule has 0 heterocycles. The van der Waals surface area contributed by atoms with Crippen LogP contribution in [0.5, 0.6) is 11.5 Å². The molecule has 0 aliphatic carbocycles. The van der Waals surface area contributed by atoms with Crippen LogP contribution in [-0.2, 0) is 9.53 Å². The lowest BCUT2D eigenvalue weighted by atomic mass is 10.3. The molecule has 0 unspecified atom stereocenters. The molecule has 0 saturated carbocycles. The van der Waals surface area contributed by atoms with Crippen LogP contribution in [-0.4, -0.2) is 26.3 Å². The maximum Gasteiger partial charge on any atom is 0.302 e. The molecule has 1 rings (SSSR count). The molecule has 0 spiro atoms. The summed E-state index contributed by atoms with van der Waals surface area (Å²) in [7, 11) is 1.48. The summed E-state index contributed by atoms with van der Waals surface area (Å²) in [4.78, 5) is 10.5. The van der Waals surface area contributed by atoms with E-state index < -0.39 is 11.8 Å². The van der Waals surface area contributed by atoms with E-state index in [4.69, 9.17) is 9.47 Å². The van der Waals surface area contributed by atoms with Gasteiger partial charge in [-0.25, -0.2) is 4.39 Å². The highest BCUT2D eigenvalue weighted by Gasteiger charge is 2.05. The van der Waals surface area contributed by atoms with E-state index in [0.29, 0.717) is 5.75 Å². The standard InChI is InChI=1S/C11H13FO4/c1-8(13)15-5-6-16-11-7-9(14-2)3-4-10(11)12/h3-4,7H,5-6H2,1-2H3. The van der Waals surface area contributed by atoms with Crippen LogP contribution < -0.4 is 9.47 Å². The van der Waals surface area contributed by atoms with Gasteiger partial charge in [0, 0.05) is 13.0 Å². The Balaban J connectivity index is 2.49. The van der Waals surface area contributed by atoms with Crippen molar-refractivity contribution in [1.29, 1.82) is 0 Å². The Morgan fingerprint density at radius 1 is 1.38 bits per heavy atom. The zero-order chi connectivity index (χ0) is 12.0. The Morgan fingerprint density at radius 2 is 2.12 bits per heavy atom. The van der Waals surface area contributed by atoms with E-state index in [9.17, 15) is 9.18 Å². The van der Waals surface area contributed by atoms with Gasteiger partial charge in [0.25, 0.3) is 0 Å². The first kappa shape index (κ1) is 12.3. The number of halogens is 1. The van der Waals surface area contributed by atoms with Gasteiger partial charge in [-0.3, -0.25) is 4.79 Å². The topological polar surface area (TPSA) is 44.8 Å². The van der Waals surface area contributed by atoms with Crippen LogP contribution in [0.3, 0.4) is 0 Å². The first-order valence-electron chi connectivity index (χ1n) is 4.73. The molecule has 4 nitrogen and oxygen atoms in total. The SMILES string of the molecule is COc1ccc(F)c(OCCOC(C)=O)c1. The van der Waals surface area contributed by atoms with Gasteiger partial charge in [0.2, 0.25) is 0 Å². The van der Waals surface area contributed by atoms with Crippen LogP contribution in [0.4, 0.5) is 4.39 Å². The summed E-state index contributed by atoms with van der Waals surface area (Å²) in [5.74, 6) is -0.297. The minimum absolute atomic E-state index is 0.0755. The third-order valence-electron chi connectivity index (χ3n) is 1.78. The Bertz CT molecular complexity index is 365.